The molecule has 2 aliphatic carbocycles. The minimum Gasteiger partial charge on any atom is -0.504 e. The van der Waals surface area contributed by atoms with Crippen LogP contribution in [-0.4, -0.2) is 15.8 Å². The first-order chi connectivity index (χ1) is 11.2. The SMILES string of the molecule is CC1(C)CCC[C@]2(C)C3Cc4cc(O)c(O)cc4O[C@]3(C)CC[C@@H]12. The van der Waals surface area contributed by atoms with Crippen LogP contribution < -0.4 is 4.74 Å². The zero-order chi connectivity index (χ0) is 17.3. The molecule has 132 valence electrons. The van der Waals surface area contributed by atoms with Crippen LogP contribution in [0.2, 0.25) is 0 Å². The lowest BCUT2D eigenvalue weighted by atomic mass is 9.44. The van der Waals surface area contributed by atoms with Crippen LogP contribution in [0, 0.1) is 22.7 Å². The van der Waals surface area contributed by atoms with Crippen LogP contribution in [-0.2, 0) is 6.42 Å². The summed E-state index contributed by atoms with van der Waals surface area (Å²) in [6.45, 7) is 9.63. The van der Waals surface area contributed by atoms with E-state index in [1.807, 2.05) is 0 Å². The smallest absolute Gasteiger partial charge is 0.161 e. The molecule has 2 N–H and O–H groups in total. The van der Waals surface area contributed by atoms with E-state index < -0.39 is 0 Å². The van der Waals surface area contributed by atoms with Gasteiger partial charge < -0.3 is 14.9 Å². The molecule has 2 saturated carbocycles. The summed E-state index contributed by atoms with van der Waals surface area (Å²) in [6.07, 6.45) is 7.11. The predicted molar refractivity (Wildman–Crippen MR) is 94.5 cm³/mol. The third-order valence-corrected chi connectivity index (χ3v) is 7.66. The maximum absolute atomic E-state index is 9.91. The van der Waals surface area contributed by atoms with Crippen LogP contribution in [0.25, 0.3) is 0 Å². The van der Waals surface area contributed by atoms with Crippen molar-refractivity contribution in [2.75, 3.05) is 0 Å². The fourth-order valence-corrected chi connectivity index (χ4v) is 6.50. The highest BCUT2D eigenvalue weighted by atomic mass is 16.5. The van der Waals surface area contributed by atoms with E-state index in [-0.39, 0.29) is 22.5 Å². The average molecular weight is 330 g/mol. The number of ether oxygens (including phenoxy) is 1. The number of phenols is 2. The van der Waals surface area contributed by atoms with Gasteiger partial charge in [-0.2, -0.15) is 0 Å². The zero-order valence-corrected chi connectivity index (χ0v) is 15.4. The second kappa shape index (κ2) is 4.83. The summed E-state index contributed by atoms with van der Waals surface area (Å²) in [7, 11) is 0. The quantitative estimate of drug-likeness (QED) is 0.656. The average Bonchev–Trinajstić information content (AvgIpc) is 2.46. The van der Waals surface area contributed by atoms with Crippen molar-refractivity contribution < 1.29 is 14.9 Å². The van der Waals surface area contributed by atoms with Crippen molar-refractivity contribution in [2.24, 2.45) is 22.7 Å². The van der Waals surface area contributed by atoms with E-state index in [1.165, 1.54) is 25.7 Å². The number of hydrogen-bond acceptors (Lipinski definition) is 3. The van der Waals surface area contributed by atoms with E-state index in [9.17, 15) is 10.2 Å². The molecule has 2 fully saturated rings. The summed E-state index contributed by atoms with van der Waals surface area (Å²) in [5.74, 6) is 1.81. The fraction of sp³-hybridized carbons (Fsp3) is 0.714. The van der Waals surface area contributed by atoms with Crippen molar-refractivity contribution in [1.82, 2.24) is 0 Å². The van der Waals surface area contributed by atoms with Crippen LogP contribution in [0.5, 0.6) is 17.2 Å². The van der Waals surface area contributed by atoms with Gasteiger partial charge in [-0.3, -0.25) is 0 Å². The van der Waals surface area contributed by atoms with Crippen LogP contribution in [0.15, 0.2) is 12.1 Å². The van der Waals surface area contributed by atoms with E-state index in [2.05, 4.69) is 27.7 Å². The van der Waals surface area contributed by atoms with Gasteiger partial charge in [0.15, 0.2) is 11.5 Å². The number of phenolic OH excluding ortho intramolecular Hbond substituents is 2. The van der Waals surface area contributed by atoms with Crippen molar-refractivity contribution in [1.29, 1.82) is 0 Å². The summed E-state index contributed by atoms with van der Waals surface area (Å²) in [5.41, 5.74) is 1.54. The predicted octanol–water partition coefficient (Wildman–Crippen LogP) is 5.03. The molecule has 0 radical (unpaired) electrons. The normalized spacial score (nSPS) is 40.0. The topological polar surface area (TPSA) is 49.7 Å². The summed E-state index contributed by atoms with van der Waals surface area (Å²) >= 11 is 0. The maximum Gasteiger partial charge on any atom is 0.161 e. The summed E-state index contributed by atoms with van der Waals surface area (Å²) < 4.78 is 6.47. The minimum absolute atomic E-state index is 0.0394. The Morgan fingerprint density at radius 3 is 2.42 bits per heavy atom. The van der Waals surface area contributed by atoms with Gasteiger partial charge >= 0.3 is 0 Å². The Bertz CT molecular complexity index is 680. The van der Waals surface area contributed by atoms with Crippen molar-refractivity contribution in [3.63, 3.8) is 0 Å². The number of hydrogen-bond donors (Lipinski definition) is 2. The number of fused-ring (bicyclic) bond motifs is 4. The molecule has 0 bridgehead atoms. The van der Waals surface area contributed by atoms with Gasteiger partial charge in [0.25, 0.3) is 0 Å². The molecule has 1 aliphatic heterocycles. The van der Waals surface area contributed by atoms with Crippen LogP contribution in [0.3, 0.4) is 0 Å². The summed E-state index contributed by atoms with van der Waals surface area (Å²) in [4.78, 5) is 0. The Kier molecular flexibility index (Phi) is 3.24. The van der Waals surface area contributed by atoms with E-state index in [0.29, 0.717) is 11.3 Å². The molecule has 1 unspecified atom stereocenters. The van der Waals surface area contributed by atoms with E-state index in [1.54, 1.807) is 12.1 Å². The lowest BCUT2D eigenvalue weighted by Crippen LogP contribution is -2.61. The third-order valence-electron chi connectivity index (χ3n) is 7.66. The molecule has 24 heavy (non-hydrogen) atoms. The molecule has 1 aromatic carbocycles. The lowest BCUT2D eigenvalue weighted by molar-refractivity contribution is -0.162. The highest BCUT2D eigenvalue weighted by Crippen LogP contribution is 2.64. The zero-order valence-electron chi connectivity index (χ0n) is 15.4. The first-order valence-electron chi connectivity index (χ1n) is 9.40. The van der Waals surface area contributed by atoms with Crippen molar-refractivity contribution in [3.05, 3.63) is 17.7 Å². The lowest BCUT2D eigenvalue weighted by Gasteiger charge is -2.63. The van der Waals surface area contributed by atoms with E-state index >= 15 is 0 Å². The standard InChI is InChI=1S/C21H30O3/c1-19(2)7-5-8-20(3)17(19)6-9-21(4)18(20)11-13-10-14(22)15(23)12-16(13)24-21/h10,12,17-18,22-23H,5-9,11H2,1-4H3/t17-,18?,20-,21+/m0/s1. The van der Waals surface area contributed by atoms with Crippen molar-refractivity contribution in [3.8, 4) is 17.2 Å². The van der Waals surface area contributed by atoms with Gasteiger partial charge in [-0.25, -0.2) is 0 Å². The van der Waals surface area contributed by atoms with E-state index in [0.717, 1.165) is 30.1 Å². The van der Waals surface area contributed by atoms with Gasteiger partial charge in [-0.05, 0) is 67.4 Å². The van der Waals surface area contributed by atoms with Crippen molar-refractivity contribution in [2.45, 2.75) is 71.8 Å². The molecule has 3 aliphatic rings. The Hall–Kier alpha value is -1.38. The molecule has 0 amide bonds. The van der Waals surface area contributed by atoms with Gasteiger partial charge in [-0.15, -0.1) is 0 Å². The molecular weight excluding hydrogens is 300 g/mol. The summed E-state index contributed by atoms with van der Waals surface area (Å²) in [6, 6.07) is 3.29. The molecule has 4 rings (SSSR count). The van der Waals surface area contributed by atoms with Gasteiger partial charge in [0.05, 0.1) is 0 Å². The number of rotatable bonds is 0. The van der Waals surface area contributed by atoms with Crippen LogP contribution in [0.4, 0.5) is 0 Å². The molecule has 4 atom stereocenters. The van der Waals surface area contributed by atoms with Crippen molar-refractivity contribution >= 4 is 0 Å². The molecule has 3 nitrogen and oxygen atoms in total. The highest BCUT2D eigenvalue weighted by molar-refractivity contribution is 5.50. The fourth-order valence-electron chi connectivity index (χ4n) is 6.50. The Morgan fingerprint density at radius 1 is 0.958 bits per heavy atom. The van der Waals surface area contributed by atoms with E-state index in [4.69, 9.17) is 4.74 Å². The molecular formula is C21H30O3. The highest BCUT2D eigenvalue weighted by Gasteiger charge is 2.60. The summed E-state index contributed by atoms with van der Waals surface area (Å²) in [5, 5.41) is 19.7. The second-order valence-corrected chi connectivity index (χ2v) is 9.56. The minimum atomic E-state index is -0.172. The molecule has 0 aromatic heterocycles. The molecule has 0 saturated heterocycles. The van der Waals surface area contributed by atoms with Crippen LogP contribution >= 0.6 is 0 Å². The monoisotopic (exact) mass is 330 g/mol. The van der Waals surface area contributed by atoms with Gasteiger partial charge in [-0.1, -0.05) is 27.2 Å². The largest absolute Gasteiger partial charge is 0.504 e. The van der Waals surface area contributed by atoms with Crippen LogP contribution in [0.1, 0.15) is 65.4 Å². The second-order valence-electron chi connectivity index (χ2n) is 9.56. The molecule has 1 heterocycles. The Balaban J connectivity index is 1.78. The molecule has 3 heteroatoms. The van der Waals surface area contributed by atoms with Gasteiger partial charge in [0.1, 0.15) is 11.4 Å². The third kappa shape index (κ3) is 2.09. The number of aromatic hydroxyl groups is 2. The van der Waals surface area contributed by atoms with Gasteiger partial charge in [0.2, 0.25) is 0 Å². The maximum atomic E-state index is 9.91. The van der Waals surface area contributed by atoms with Gasteiger partial charge in [0, 0.05) is 12.0 Å². The number of benzene rings is 1. The molecule has 0 spiro atoms. The Morgan fingerprint density at radius 2 is 1.67 bits per heavy atom. The first kappa shape index (κ1) is 16.1. The first-order valence-corrected chi connectivity index (χ1v) is 9.40. The Labute approximate surface area is 145 Å². The molecule has 1 aromatic rings.